The van der Waals surface area contributed by atoms with Gasteiger partial charge < -0.3 is 0 Å². The molecule has 0 atom stereocenters. The molecule has 0 bridgehead atoms. The summed E-state index contributed by atoms with van der Waals surface area (Å²) in [5, 5.41) is 0. The van der Waals surface area contributed by atoms with Crippen LogP contribution >= 0.6 is 0 Å². The van der Waals surface area contributed by atoms with Gasteiger partial charge in [-0.2, -0.15) is 0 Å². The van der Waals surface area contributed by atoms with E-state index in [-0.39, 0.29) is 61.8 Å². The van der Waals surface area contributed by atoms with Crippen molar-refractivity contribution in [3.63, 3.8) is 0 Å². The van der Waals surface area contributed by atoms with E-state index in [1.54, 1.807) is 0 Å². The van der Waals surface area contributed by atoms with Gasteiger partial charge in [0.15, 0.2) is 0 Å². The third-order valence-electron chi connectivity index (χ3n) is 0. The number of rotatable bonds is 0. The summed E-state index contributed by atoms with van der Waals surface area (Å²) in [6.07, 6.45) is 0. The minimum absolute atomic E-state index is 0. The SMILES string of the molecule is [BiH3].[La].[O]=[Ta](=[O])(=[O])(=[O])=[O]. The van der Waals surface area contributed by atoms with Crippen LogP contribution in [-0.2, 0) is 31.9 Å². The van der Waals surface area contributed by atoms with Gasteiger partial charge in [-0.25, -0.2) is 0 Å². The zero-order chi connectivity index (χ0) is 5.45. The van der Waals surface area contributed by atoms with Crippen molar-refractivity contribution in [2.75, 3.05) is 0 Å². The Bertz CT molecular complexity index is 282. The quantitative estimate of drug-likeness (QED) is 0.303. The monoisotopic (exact) mass is 612 g/mol. The van der Waals surface area contributed by atoms with E-state index < -0.39 is 15.7 Å². The van der Waals surface area contributed by atoms with Crippen molar-refractivity contribution in [1.82, 2.24) is 0 Å². The second-order valence-corrected chi connectivity index (χ2v) is 6.10. The Morgan fingerprint density at radius 3 is 0.750 bits per heavy atom. The zero-order valence-corrected chi connectivity index (χ0v) is 16.1. The molecule has 1 radical (unpaired) electrons. The molecular formula is H3BiLaO5Ta. The first kappa shape index (κ1) is 16.4. The van der Waals surface area contributed by atoms with Gasteiger partial charge in [0.1, 0.15) is 0 Å². The maximum atomic E-state index is 8.67. The van der Waals surface area contributed by atoms with Gasteiger partial charge in [-0.1, -0.05) is 0 Å². The average Bonchev–Trinajstić information content (AvgIpc) is 0.650. The topological polar surface area (TPSA) is 85.3 Å². The summed E-state index contributed by atoms with van der Waals surface area (Å²) in [5.74, 6) is 0. The minimum atomic E-state index is -8.05. The molecule has 0 amide bonds. The molecule has 0 unspecified atom stereocenters. The molecule has 0 aromatic rings. The molecule has 5 nitrogen and oxygen atoms in total. The van der Waals surface area contributed by atoms with E-state index in [0.717, 1.165) is 0 Å². The van der Waals surface area contributed by atoms with Gasteiger partial charge in [-0.15, -0.1) is 0 Å². The molecule has 8 heteroatoms. The van der Waals surface area contributed by atoms with Gasteiger partial charge in [0.05, 0.1) is 0 Å². The molecule has 46 valence electrons. The Balaban J connectivity index is -0.000000125. The van der Waals surface area contributed by atoms with Gasteiger partial charge in [0.25, 0.3) is 0 Å². The van der Waals surface area contributed by atoms with E-state index in [0.29, 0.717) is 0 Å². The van der Waals surface area contributed by atoms with Crippen molar-refractivity contribution < 1.29 is 67.5 Å². The molecule has 0 aliphatic carbocycles. The summed E-state index contributed by atoms with van der Waals surface area (Å²) in [6, 6.07) is 0. The van der Waals surface area contributed by atoms with Gasteiger partial charge in [-0.05, 0) is 0 Å². The molecular weight excluding hydrogens is 609 g/mol. The van der Waals surface area contributed by atoms with Crippen molar-refractivity contribution in [3.05, 3.63) is 0 Å². The van der Waals surface area contributed by atoms with Gasteiger partial charge in [0, 0.05) is 35.6 Å². The van der Waals surface area contributed by atoms with Gasteiger partial charge in [0.2, 0.25) is 0 Å². The molecule has 0 aliphatic rings. The van der Waals surface area contributed by atoms with Crippen LogP contribution in [0.15, 0.2) is 0 Å². The summed E-state index contributed by atoms with van der Waals surface area (Å²) in [5.41, 5.74) is 0. The molecule has 8 heavy (non-hydrogen) atoms. The zero-order valence-electron chi connectivity index (χ0n) is 3.77. The van der Waals surface area contributed by atoms with Crippen LogP contribution in [-0.4, -0.2) is 26.2 Å². The third kappa shape index (κ3) is 110. The second kappa shape index (κ2) is 3.86. The number of hydrogen-bond acceptors (Lipinski definition) is 5. The summed E-state index contributed by atoms with van der Waals surface area (Å²) in [7, 11) is 0. The molecule has 0 heterocycles. The summed E-state index contributed by atoms with van der Waals surface area (Å²) in [4.78, 5) is 0. The molecule has 0 aliphatic heterocycles. The van der Waals surface area contributed by atoms with Crippen LogP contribution in [0.4, 0.5) is 0 Å². The Labute approximate surface area is 91.9 Å². The first-order valence-corrected chi connectivity index (χ1v) is 7.47. The fourth-order valence-electron chi connectivity index (χ4n) is 0. The van der Waals surface area contributed by atoms with Crippen molar-refractivity contribution >= 4 is 26.2 Å². The van der Waals surface area contributed by atoms with Crippen molar-refractivity contribution in [1.29, 1.82) is 0 Å². The van der Waals surface area contributed by atoms with Crippen LogP contribution in [0.3, 0.4) is 0 Å². The first-order valence-electron chi connectivity index (χ1n) is 0.913. The van der Waals surface area contributed by atoms with Crippen LogP contribution in [0.5, 0.6) is 0 Å². The average molecular weight is 612 g/mol. The van der Waals surface area contributed by atoms with E-state index in [9.17, 15) is 0 Å². The third-order valence-corrected chi connectivity index (χ3v) is 0. The van der Waals surface area contributed by atoms with E-state index in [1.165, 1.54) is 0 Å². The fourth-order valence-corrected chi connectivity index (χ4v) is 0. The van der Waals surface area contributed by atoms with Crippen LogP contribution in [0.2, 0.25) is 0 Å². The maximum absolute atomic E-state index is 8.67. The predicted octanol–water partition coefficient (Wildman–Crippen LogP) is -1.78. The summed E-state index contributed by atoms with van der Waals surface area (Å²) in [6.45, 7) is 0. The van der Waals surface area contributed by atoms with Crippen LogP contribution in [0, 0.1) is 35.6 Å². The van der Waals surface area contributed by atoms with Crippen molar-refractivity contribution in [2.45, 2.75) is 0 Å². The Morgan fingerprint density at radius 2 is 0.750 bits per heavy atom. The molecule has 0 saturated heterocycles. The molecule has 0 fully saturated rings. The molecule has 0 aromatic heterocycles. The summed E-state index contributed by atoms with van der Waals surface area (Å²) < 4.78 is 43.4. The standard InChI is InChI=1S/Bi.La.5O.Ta.3H. The Hall–Kier alpha value is 1.82. The molecule has 0 saturated carbocycles. The van der Waals surface area contributed by atoms with Crippen LogP contribution < -0.4 is 0 Å². The fraction of sp³-hybridized carbons (Fsp3) is 0. The normalized spacial score (nSPS) is 7.50. The Morgan fingerprint density at radius 1 is 0.750 bits per heavy atom. The van der Waals surface area contributed by atoms with E-state index in [1.807, 2.05) is 0 Å². The number of hydrogen-bond donors (Lipinski definition) is 0. The predicted molar refractivity (Wildman–Crippen MR) is 13.4 cm³/mol. The summed E-state index contributed by atoms with van der Waals surface area (Å²) >= 11 is -8.05. The van der Waals surface area contributed by atoms with Gasteiger partial charge in [-0.3, -0.25) is 0 Å². The molecule has 0 rings (SSSR count). The second-order valence-electron chi connectivity index (χ2n) is 0.745. The van der Waals surface area contributed by atoms with Gasteiger partial charge >= 0.3 is 58.1 Å². The van der Waals surface area contributed by atoms with E-state index >= 15 is 0 Å². The van der Waals surface area contributed by atoms with Crippen molar-refractivity contribution in [2.24, 2.45) is 0 Å². The molecule has 0 spiro atoms. The molecule has 0 aromatic carbocycles. The van der Waals surface area contributed by atoms with Crippen LogP contribution in [0.25, 0.3) is 0 Å². The Kier molecular flexibility index (Phi) is 7.92. The first-order chi connectivity index (χ1) is 2.24. The van der Waals surface area contributed by atoms with E-state index in [2.05, 4.69) is 0 Å². The van der Waals surface area contributed by atoms with E-state index in [4.69, 9.17) is 16.3 Å². The molecule has 0 N–H and O–H groups in total. The van der Waals surface area contributed by atoms with Crippen molar-refractivity contribution in [3.8, 4) is 0 Å². The van der Waals surface area contributed by atoms with Crippen LogP contribution in [0.1, 0.15) is 0 Å².